The lowest BCUT2D eigenvalue weighted by Crippen LogP contribution is -2.23. The summed E-state index contributed by atoms with van der Waals surface area (Å²) >= 11 is 3.01. The van der Waals surface area contributed by atoms with Crippen molar-refractivity contribution in [2.75, 3.05) is 7.11 Å². The number of amides is 1. The summed E-state index contributed by atoms with van der Waals surface area (Å²) in [7, 11) is 1.64. The van der Waals surface area contributed by atoms with Gasteiger partial charge in [-0.1, -0.05) is 48.2 Å². The smallest absolute Gasteiger partial charge is 0.261 e. The van der Waals surface area contributed by atoms with Gasteiger partial charge in [0.25, 0.3) is 5.91 Å². The molecule has 0 aliphatic carbocycles. The van der Waals surface area contributed by atoms with Gasteiger partial charge in [-0.05, 0) is 41.3 Å². The van der Waals surface area contributed by atoms with Crippen LogP contribution in [-0.4, -0.2) is 27.8 Å². The standard InChI is InChI=1S/C22H20N4O2S2/c1-28-18-11-9-17(10-12-18)26-20(14-23-21(27)19-8-5-13-29-19)24-25-22(26)30-15-16-6-3-2-4-7-16/h2-13H,14-15H2,1H3,(H,23,27). The van der Waals surface area contributed by atoms with Crippen molar-refractivity contribution in [2.45, 2.75) is 17.5 Å². The molecule has 0 saturated carbocycles. The SMILES string of the molecule is COc1ccc(-n2c(CNC(=O)c3cccs3)nnc2SCc2ccccc2)cc1. The van der Waals surface area contributed by atoms with Crippen molar-refractivity contribution in [1.29, 1.82) is 0 Å². The van der Waals surface area contributed by atoms with Crippen LogP contribution in [0.3, 0.4) is 0 Å². The van der Waals surface area contributed by atoms with Crippen molar-refractivity contribution in [3.05, 3.63) is 88.4 Å². The van der Waals surface area contributed by atoms with Crippen LogP contribution in [0.25, 0.3) is 5.69 Å². The molecule has 0 fully saturated rings. The monoisotopic (exact) mass is 436 g/mol. The number of rotatable bonds is 8. The number of thiophene rings is 1. The molecule has 0 aliphatic heterocycles. The first-order valence-electron chi connectivity index (χ1n) is 9.32. The minimum Gasteiger partial charge on any atom is -0.497 e. The molecular weight excluding hydrogens is 416 g/mol. The summed E-state index contributed by atoms with van der Waals surface area (Å²) in [6.45, 7) is 0.279. The summed E-state index contributed by atoms with van der Waals surface area (Å²) in [5.41, 5.74) is 2.12. The molecule has 2 heterocycles. The second-order valence-electron chi connectivity index (χ2n) is 6.37. The number of hydrogen-bond acceptors (Lipinski definition) is 6. The molecule has 2 aromatic heterocycles. The van der Waals surface area contributed by atoms with Gasteiger partial charge in [-0.25, -0.2) is 0 Å². The maximum Gasteiger partial charge on any atom is 0.261 e. The molecule has 2 aromatic carbocycles. The zero-order valence-electron chi connectivity index (χ0n) is 16.3. The Hall–Kier alpha value is -3.10. The minimum atomic E-state index is -0.118. The topological polar surface area (TPSA) is 69.0 Å². The van der Waals surface area contributed by atoms with Gasteiger partial charge in [-0.2, -0.15) is 0 Å². The van der Waals surface area contributed by atoms with Gasteiger partial charge in [-0.3, -0.25) is 9.36 Å². The Bertz CT molecular complexity index is 1090. The normalized spacial score (nSPS) is 10.7. The summed E-state index contributed by atoms with van der Waals surface area (Å²) in [4.78, 5) is 13.0. The summed E-state index contributed by atoms with van der Waals surface area (Å²) in [5.74, 6) is 2.10. The molecule has 0 saturated heterocycles. The summed E-state index contributed by atoms with van der Waals surface area (Å²) in [6.07, 6.45) is 0. The molecule has 30 heavy (non-hydrogen) atoms. The third kappa shape index (κ3) is 4.72. The Morgan fingerprint density at radius 2 is 1.87 bits per heavy atom. The first-order valence-corrected chi connectivity index (χ1v) is 11.2. The summed E-state index contributed by atoms with van der Waals surface area (Å²) in [6, 6.07) is 21.6. The maximum atomic E-state index is 12.3. The second-order valence-corrected chi connectivity index (χ2v) is 8.26. The van der Waals surface area contributed by atoms with E-state index >= 15 is 0 Å². The van der Waals surface area contributed by atoms with E-state index in [1.165, 1.54) is 16.9 Å². The number of carbonyl (C=O) groups is 1. The van der Waals surface area contributed by atoms with Crippen molar-refractivity contribution in [3.63, 3.8) is 0 Å². The van der Waals surface area contributed by atoms with Crippen molar-refractivity contribution in [1.82, 2.24) is 20.1 Å². The Morgan fingerprint density at radius 3 is 2.57 bits per heavy atom. The predicted octanol–water partition coefficient (Wildman–Crippen LogP) is 4.56. The van der Waals surface area contributed by atoms with E-state index in [4.69, 9.17) is 4.74 Å². The Balaban J connectivity index is 1.58. The highest BCUT2D eigenvalue weighted by Crippen LogP contribution is 2.26. The summed E-state index contributed by atoms with van der Waals surface area (Å²) in [5, 5.41) is 14.3. The molecule has 0 spiro atoms. The largest absolute Gasteiger partial charge is 0.497 e. The molecule has 0 radical (unpaired) electrons. The predicted molar refractivity (Wildman–Crippen MR) is 119 cm³/mol. The molecule has 0 bridgehead atoms. The van der Waals surface area contributed by atoms with Gasteiger partial charge in [0, 0.05) is 11.4 Å². The molecule has 1 N–H and O–H groups in total. The van der Waals surface area contributed by atoms with Gasteiger partial charge in [-0.15, -0.1) is 21.5 Å². The van der Waals surface area contributed by atoms with Crippen LogP contribution < -0.4 is 10.1 Å². The lowest BCUT2D eigenvalue weighted by Gasteiger charge is -2.11. The van der Waals surface area contributed by atoms with E-state index in [-0.39, 0.29) is 12.5 Å². The van der Waals surface area contributed by atoms with E-state index < -0.39 is 0 Å². The molecule has 4 aromatic rings. The Labute approximate surface area is 182 Å². The van der Waals surface area contributed by atoms with Gasteiger partial charge in [0.1, 0.15) is 5.75 Å². The maximum absolute atomic E-state index is 12.3. The number of hydrogen-bond donors (Lipinski definition) is 1. The van der Waals surface area contributed by atoms with E-state index in [0.717, 1.165) is 22.3 Å². The van der Waals surface area contributed by atoms with Crippen LogP contribution >= 0.6 is 23.1 Å². The van der Waals surface area contributed by atoms with Crippen molar-refractivity contribution in [2.24, 2.45) is 0 Å². The number of ether oxygens (including phenoxy) is 1. The molecule has 0 aliphatic rings. The zero-order chi connectivity index (χ0) is 20.8. The van der Waals surface area contributed by atoms with Gasteiger partial charge >= 0.3 is 0 Å². The van der Waals surface area contributed by atoms with Gasteiger partial charge in [0.05, 0.1) is 18.5 Å². The molecular formula is C22H20N4O2S2. The van der Waals surface area contributed by atoms with Gasteiger partial charge in [0.2, 0.25) is 0 Å². The zero-order valence-corrected chi connectivity index (χ0v) is 18.0. The number of methoxy groups -OCH3 is 1. The molecule has 0 unspecified atom stereocenters. The van der Waals surface area contributed by atoms with Crippen molar-refractivity contribution in [3.8, 4) is 11.4 Å². The van der Waals surface area contributed by atoms with Gasteiger partial charge in [0.15, 0.2) is 11.0 Å². The van der Waals surface area contributed by atoms with E-state index in [1.54, 1.807) is 24.9 Å². The van der Waals surface area contributed by atoms with Crippen LogP contribution in [0.1, 0.15) is 21.1 Å². The Morgan fingerprint density at radius 1 is 1.07 bits per heavy atom. The van der Waals surface area contributed by atoms with Crippen LogP contribution in [0.2, 0.25) is 0 Å². The van der Waals surface area contributed by atoms with Crippen molar-refractivity contribution < 1.29 is 9.53 Å². The van der Waals surface area contributed by atoms with Crippen LogP contribution in [0.4, 0.5) is 0 Å². The number of nitrogens with zero attached hydrogens (tertiary/aromatic N) is 3. The van der Waals surface area contributed by atoms with Crippen LogP contribution in [-0.2, 0) is 12.3 Å². The van der Waals surface area contributed by atoms with Gasteiger partial charge < -0.3 is 10.1 Å². The van der Waals surface area contributed by atoms with E-state index in [2.05, 4.69) is 27.6 Å². The molecule has 1 amide bonds. The number of nitrogens with one attached hydrogen (secondary N) is 1. The highest BCUT2D eigenvalue weighted by atomic mass is 32.2. The fourth-order valence-corrected chi connectivity index (χ4v) is 4.44. The van der Waals surface area contributed by atoms with Crippen LogP contribution in [0.5, 0.6) is 5.75 Å². The number of aromatic nitrogens is 3. The summed E-state index contributed by atoms with van der Waals surface area (Å²) < 4.78 is 7.25. The molecule has 6 nitrogen and oxygen atoms in total. The molecule has 4 rings (SSSR count). The minimum absolute atomic E-state index is 0.118. The molecule has 8 heteroatoms. The highest BCUT2D eigenvalue weighted by Gasteiger charge is 2.16. The highest BCUT2D eigenvalue weighted by molar-refractivity contribution is 7.98. The fourth-order valence-electron chi connectivity index (χ4n) is 2.88. The van der Waals surface area contributed by atoms with Crippen molar-refractivity contribution >= 4 is 29.0 Å². The lowest BCUT2D eigenvalue weighted by atomic mass is 10.2. The van der Waals surface area contributed by atoms with E-state index in [0.29, 0.717) is 10.7 Å². The second kappa shape index (κ2) is 9.60. The first-order chi connectivity index (χ1) is 14.7. The fraction of sp³-hybridized carbons (Fsp3) is 0.136. The van der Waals surface area contributed by atoms with Crippen LogP contribution in [0.15, 0.2) is 77.3 Å². The lowest BCUT2D eigenvalue weighted by molar-refractivity contribution is 0.0953. The molecule has 152 valence electrons. The molecule has 0 atom stereocenters. The average Bonchev–Trinajstić information content (AvgIpc) is 3.47. The van der Waals surface area contributed by atoms with E-state index in [9.17, 15) is 4.79 Å². The third-order valence-corrected chi connectivity index (χ3v) is 6.26. The average molecular weight is 437 g/mol. The first kappa shape index (κ1) is 20.2. The number of benzene rings is 2. The van der Waals surface area contributed by atoms with Crippen LogP contribution in [0, 0.1) is 0 Å². The van der Waals surface area contributed by atoms with E-state index in [1.807, 2.05) is 58.5 Å². The number of thioether (sulfide) groups is 1. The Kier molecular flexibility index (Phi) is 6.46. The third-order valence-electron chi connectivity index (χ3n) is 4.39. The quantitative estimate of drug-likeness (QED) is 0.410. The number of carbonyl (C=O) groups excluding carboxylic acids is 1.